The number of imide groups is 1. The number of carbonyl (C=O) groups is 3. The first-order chi connectivity index (χ1) is 9.52. The van der Waals surface area contributed by atoms with Gasteiger partial charge in [-0.2, -0.15) is 5.10 Å². The fraction of sp³-hybridized carbons (Fsp3) is 0.500. The van der Waals surface area contributed by atoms with Crippen molar-refractivity contribution in [3.05, 3.63) is 18.5 Å². The number of nitrogens with zero attached hydrogens (tertiary/aromatic N) is 3. The molecule has 3 rings (SSSR count). The van der Waals surface area contributed by atoms with E-state index in [-0.39, 0.29) is 18.4 Å². The van der Waals surface area contributed by atoms with Crippen LogP contribution >= 0.6 is 0 Å². The van der Waals surface area contributed by atoms with Gasteiger partial charge in [-0.1, -0.05) is 0 Å². The summed E-state index contributed by atoms with van der Waals surface area (Å²) in [5, 5.41) is 8.89. The maximum absolute atomic E-state index is 12.4. The number of rotatable bonds is 2. The van der Waals surface area contributed by atoms with Crippen LogP contribution in [0.1, 0.15) is 19.4 Å². The van der Waals surface area contributed by atoms with Gasteiger partial charge < -0.3 is 10.2 Å². The molecule has 8 heteroatoms. The lowest BCUT2D eigenvalue weighted by molar-refractivity contribution is -0.134. The number of likely N-dealkylation sites (tertiary alicyclic amines) is 1. The second-order valence-electron chi connectivity index (χ2n) is 5.16. The van der Waals surface area contributed by atoms with Gasteiger partial charge in [-0.3, -0.25) is 19.6 Å². The number of aromatic nitrogens is 2. The highest BCUT2D eigenvalue weighted by molar-refractivity contribution is 6.07. The summed E-state index contributed by atoms with van der Waals surface area (Å²) in [6, 6.07) is 0.824. The predicted molar refractivity (Wildman–Crippen MR) is 67.5 cm³/mol. The van der Waals surface area contributed by atoms with Crippen LogP contribution in [0.15, 0.2) is 18.5 Å². The summed E-state index contributed by atoms with van der Waals surface area (Å²) in [4.78, 5) is 37.1. The van der Waals surface area contributed by atoms with E-state index >= 15 is 0 Å². The molecular formula is C12H15N5O3. The zero-order chi connectivity index (χ0) is 14.3. The van der Waals surface area contributed by atoms with Crippen LogP contribution in [0.2, 0.25) is 0 Å². The van der Waals surface area contributed by atoms with Crippen LogP contribution in [-0.2, 0) is 9.59 Å². The van der Waals surface area contributed by atoms with E-state index in [9.17, 15) is 14.4 Å². The van der Waals surface area contributed by atoms with Gasteiger partial charge in [0.25, 0.3) is 5.91 Å². The maximum Gasteiger partial charge on any atom is 0.322 e. The second kappa shape index (κ2) is 4.32. The Morgan fingerprint density at radius 3 is 2.90 bits per heavy atom. The van der Waals surface area contributed by atoms with Gasteiger partial charge in [-0.15, -0.1) is 0 Å². The second-order valence-corrected chi connectivity index (χ2v) is 5.16. The number of carbonyl (C=O) groups excluding carboxylic acids is 3. The van der Waals surface area contributed by atoms with Crippen molar-refractivity contribution >= 4 is 17.8 Å². The van der Waals surface area contributed by atoms with Gasteiger partial charge in [0.15, 0.2) is 0 Å². The number of urea groups is 1. The molecule has 4 amide bonds. The van der Waals surface area contributed by atoms with E-state index < -0.39 is 17.6 Å². The number of amides is 4. The van der Waals surface area contributed by atoms with Crippen LogP contribution in [0.4, 0.5) is 4.79 Å². The third-order valence-electron chi connectivity index (χ3n) is 3.87. The van der Waals surface area contributed by atoms with Crippen molar-refractivity contribution in [2.45, 2.75) is 24.9 Å². The van der Waals surface area contributed by atoms with Crippen molar-refractivity contribution in [1.82, 2.24) is 25.3 Å². The van der Waals surface area contributed by atoms with Crippen molar-refractivity contribution in [2.75, 3.05) is 13.1 Å². The van der Waals surface area contributed by atoms with Crippen LogP contribution in [-0.4, -0.2) is 51.2 Å². The van der Waals surface area contributed by atoms with E-state index in [1.165, 1.54) is 0 Å². The lowest BCUT2D eigenvalue weighted by Crippen LogP contribution is -2.50. The highest BCUT2D eigenvalue weighted by Crippen LogP contribution is 2.26. The van der Waals surface area contributed by atoms with Crippen molar-refractivity contribution in [1.29, 1.82) is 0 Å². The fourth-order valence-electron chi connectivity index (χ4n) is 2.70. The van der Waals surface area contributed by atoms with Crippen molar-refractivity contribution in [3.63, 3.8) is 0 Å². The minimum atomic E-state index is -0.962. The van der Waals surface area contributed by atoms with Gasteiger partial charge in [0.05, 0.1) is 6.54 Å². The quantitative estimate of drug-likeness (QED) is 0.695. The Balaban J connectivity index is 1.73. The van der Waals surface area contributed by atoms with Gasteiger partial charge in [0.2, 0.25) is 5.91 Å². The maximum atomic E-state index is 12.4. The Hall–Kier alpha value is -2.38. The molecule has 2 saturated heterocycles. The Kier molecular flexibility index (Phi) is 2.73. The van der Waals surface area contributed by atoms with E-state index in [0.29, 0.717) is 13.0 Å². The first-order valence-corrected chi connectivity index (χ1v) is 6.43. The average Bonchev–Trinajstić information content (AvgIpc) is 3.11. The first-order valence-electron chi connectivity index (χ1n) is 6.43. The molecular weight excluding hydrogens is 262 g/mol. The molecule has 8 nitrogen and oxygen atoms in total. The summed E-state index contributed by atoms with van der Waals surface area (Å²) in [5.74, 6) is -0.468. The molecule has 0 saturated carbocycles. The first kappa shape index (κ1) is 12.6. The number of hydrogen-bond acceptors (Lipinski definition) is 4. The lowest BCUT2D eigenvalue weighted by Gasteiger charge is -2.23. The fourth-order valence-corrected chi connectivity index (χ4v) is 2.70. The average molecular weight is 277 g/mol. The monoisotopic (exact) mass is 277 g/mol. The van der Waals surface area contributed by atoms with Crippen LogP contribution in [0.25, 0.3) is 0 Å². The summed E-state index contributed by atoms with van der Waals surface area (Å²) in [6.07, 6.45) is 3.76. The third kappa shape index (κ3) is 1.84. The molecule has 1 aromatic rings. The molecule has 106 valence electrons. The van der Waals surface area contributed by atoms with Crippen LogP contribution in [0.3, 0.4) is 0 Å². The molecule has 2 atom stereocenters. The molecule has 1 spiro atoms. The third-order valence-corrected chi connectivity index (χ3v) is 3.87. The van der Waals surface area contributed by atoms with Gasteiger partial charge in [0.1, 0.15) is 11.6 Å². The smallest absolute Gasteiger partial charge is 0.322 e. The van der Waals surface area contributed by atoms with Gasteiger partial charge in [0, 0.05) is 18.9 Å². The Bertz CT molecular complexity index is 570. The molecule has 2 aliphatic heterocycles. The van der Waals surface area contributed by atoms with Gasteiger partial charge in [-0.25, -0.2) is 4.79 Å². The molecule has 1 aromatic heterocycles. The summed E-state index contributed by atoms with van der Waals surface area (Å²) >= 11 is 0. The summed E-state index contributed by atoms with van der Waals surface area (Å²) in [5.41, 5.74) is -0.962. The topological polar surface area (TPSA) is 96.3 Å². The molecule has 2 unspecified atom stereocenters. The van der Waals surface area contributed by atoms with E-state index in [2.05, 4.69) is 15.7 Å². The van der Waals surface area contributed by atoms with E-state index in [4.69, 9.17) is 0 Å². The Morgan fingerprint density at radius 2 is 2.30 bits per heavy atom. The van der Waals surface area contributed by atoms with Crippen LogP contribution in [0.5, 0.6) is 0 Å². The van der Waals surface area contributed by atoms with E-state index in [1.54, 1.807) is 35.0 Å². The summed E-state index contributed by atoms with van der Waals surface area (Å²) < 4.78 is 1.57. The zero-order valence-electron chi connectivity index (χ0n) is 11.0. The molecule has 20 heavy (non-hydrogen) atoms. The summed E-state index contributed by atoms with van der Waals surface area (Å²) in [6.45, 7) is 2.40. The minimum Gasteiger partial charge on any atom is -0.338 e. The van der Waals surface area contributed by atoms with Crippen molar-refractivity contribution in [2.24, 2.45) is 0 Å². The van der Waals surface area contributed by atoms with E-state index in [1.807, 2.05) is 0 Å². The van der Waals surface area contributed by atoms with E-state index in [0.717, 1.165) is 0 Å². The molecule has 0 bridgehead atoms. The largest absolute Gasteiger partial charge is 0.338 e. The highest BCUT2D eigenvalue weighted by atomic mass is 16.2. The molecule has 0 aliphatic carbocycles. The Morgan fingerprint density at radius 1 is 1.50 bits per heavy atom. The van der Waals surface area contributed by atoms with Crippen LogP contribution < -0.4 is 10.6 Å². The molecule has 3 heterocycles. The van der Waals surface area contributed by atoms with Crippen LogP contribution in [0, 0.1) is 0 Å². The molecule has 0 aromatic carbocycles. The SMILES string of the molecule is CC(C(=O)N1CCC2(C1)NC(=O)NC2=O)n1cccn1. The normalized spacial score (nSPS) is 26.8. The molecule has 2 fully saturated rings. The lowest BCUT2D eigenvalue weighted by atomic mass is 9.99. The van der Waals surface area contributed by atoms with Gasteiger partial charge >= 0.3 is 6.03 Å². The summed E-state index contributed by atoms with van der Waals surface area (Å²) in [7, 11) is 0. The van der Waals surface area contributed by atoms with Crippen molar-refractivity contribution < 1.29 is 14.4 Å². The minimum absolute atomic E-state index is 0.112. The van der Waals surface area contributed by atoms with Gasteiger partial charge in [-0.05, 0) is 19.4 Å². The Labute approximate surface area is 115 Å². The predicted octanol–water partition coefficient (Wildman–Crippen LogP) is -0.745. The molecule has 2 N–H and O–H groups in total. The highest BCUT2D eigenvalue weighted by Gasteiger charge is 2.52. The molecule has 2 aliphatic rings. The zero-order valence-corrected chi connectivity index (χ0v) is 11.0. The number of nitrogens with one attached hydrogen (secondary N) is 2. The molecule has 0 radical (unpaired) electrons. The standard InChI is InChI=1S/C12H15N5O3/c1-8(17-5-2-4-13-17)9(18)16-6-3-12(7-16)10(19)14-11(20)15-12/h2,4-5,8H,3,6-7H2,1H3,(H2,14,15,19,20). The van der Waals surface area contributed by atoms with Crippen molar-refractivity contribution in [3.8, 4) is 0 Å². The number of hydrogen-bond donors (Lipinski definition) is 2.